The fourth-order valence-corrected chi connectivity index (χ4v) is 6.06. The minimum atomic E-state index is -1.62. The Morgan fingerprint density at radius 3 is 2.63 bits per heavy atom. The van der Waals surface area contributed by atoms with Gasteiger partial charge in [0, 0.05) is 24.8 Å². The first-order valence-corrected chi connectivity index (χ1v) is 13.9. The Kier molecular flexibility index (Phi) is 9.16. The molecule has 2 aromatic heterocycles. The first-order valence-electron chi connectivity index (χ1n) is 13.5. The molecule has 1 aliphatic rings. The van der Waals surface area contributed by atoms with Gasteiger partial charge in [0.2, 0.25) is 11.9 Å². The number of fused-ring (bicyclic) bond motifs is 1. The summed E-state index contributed by atoms with van der Waals surface area (Å²) in [6.07, 6.45) is -0.206. The van der Waals surface area contributed by atoms with E-state index in [-0.39, 0.29) is 60.9 Å². The highest BCUT2D eigenvalue weighted by Crippen LogP contribution is 2.55. The molecule has 0 spiro atoms. The normalized spacial score (nSPS) is 22.4. The lowest BCUT2D eigenvalue weighted by atomic mass is 9.83. The van der Waals surface area contributed by atoms with Crippen LogP contribution in [-0.2, 0) is 18.6 Å². The Morgan fingerprint density at radius 2 is 2.05 bits per heavy atom. The van der Waals surface area contributed by atoms with Crippen LogP contribution in [0.2, 0.25) is 0 Å². The van der Waals surface area contributed by atoms with Crippen LogP contribution in [0.4, 0.5) is 5.95 Å². The molecule has 12 nitrogen and oxygen atoms in total. The molecule has 38 heavy (non-hydrogen) atoms. The van der Waals surface area contributed by atoms with E-state index in [1.807, 2.05) is 13.8 Å². The van der Waals surface area contributed by atoms with Gasteiger partial charge in [-0.15, -0.1) is 0 Å². The van der Waals surface area contributed by atoms with E-state index in [2.05, 4.69) is 58.7 Å². The van der Waals surface area contributed by atoms with Gasteiger partial charge in [-0.2, -0.15) is 10.2 Å². The van der Waals surface area contributed by atoms with E-state index in [0.29, 0.717) is 0 Å². The number of aromatic nitrogens is 4. The van der Waals surface area contributed by atoms with E-state index < -0.39 is 37.9 Å². The lowest BCUT2D eigenvalue weighted by molar-refractivity contribution is -0.118. The number of H-pyrrole nitrogens is 1. The molecule has 3 heterocycles. The Hall–Kier alpha value is -2.42. The number of carbonyl (C=O) groups excluding carboxylic acids is 1. The van der Waals surface area contributed by atoms with Crippen molar-refractivity contribution < 1.29 is 19.9 Å². The molecule has 210 valence electrons. The molecule has 1 fully saturated rings. The second-order valence-corrected chi connectivity index (χ2v) is 12.2. The molecule has 1 amide bonds. The Balaban J connectivity index is 2.08. The van der Waals surface area contributed by atoms with Gasteiger partial charge in [-0.25, -0.2) is 9.65 Å². The summed E-state index contributed by atoms with van der Waals surface area (Å²) >= 11 is 0. The average Bonchev–Trinajstić information content (AvgIpc) is 3.37. The smallest absolute Gasteiger partial charge is 0.280 e. The molecule has 3 rings (SSSR count). The molecule has 0 aromatic carbocycles. The standard InChI is InChI=1S/C25H40N7O5P/c1-14(2)21(33)29-24-28-20-18(22(34)30-24)27-13-31(20)23-19(25(8,9)17(7)36-23)37-38(35-12-10-11-26)32(15(3)4)16(5)6/h13-17,19,23H,10,12H2,1-9H3,(H2,28,29,30,33,34)/t17-,19?,23-,38?/m1/s1/i7D. The van der Waals surface area contributed by atoms with Crippen molar-refractivity contribution in [2.45, 2.75) is 99.2 Å². The van der Waals surface area contributed by atoms with Crippen molar-refractivity contribution in [1.29, 1.82) is 5.26 Å². The number of aromatic amines is 1. The largest absolute Gasteiger partial charge is 0.351 e. The summed E-state index contributed by atoms with van der Waals surface area (Å²) in [5.74, 6) is -0.594. The molecule has 4 atom stereocenters. The molecule has 0 bridgehead atoms. The summed E-state index contributed by atoms with van der Waals surface area (Å²) in [6, 6.07) is 2.29. The van der Waals surface area contributed by atoms with Crippen molar-refractivity contribution in [2.24, 2.45) is 11.3 Å². The van der Waals surface area contributed by atoms with Gasteiger partial charge in [0.15, 0.2) is 17.4 Å². The average molecular weight is 551 g/mol. The molecular formula is C25H40N7O5P. The molecule has 2 N–H and O–H groups in total. The molecule has 0 saturated carbocycles. The van der Waals surface area contributed by atoms with Gasteiger partial charge in [0.25, 0.3) is 14.1 Å². The summed E-state index contributed by atoms with van der Waals surface area (Å²) < 4.78 is 31.2. The topological polar surface area (TPSA) is 147 Å². The summed E-state index contributed by atoms with van der Waals surface area (Å²) in [4.78, 5) is 36.4. The Morgan fingerprint density at radius 1 is 1.37 bits per heavy atom. The molecule has 0 radical (unpaired) electrons. The van der Waals surface area contributed by atoms with E-state index in [4.69, 9.17) is 20.4 Å². The number of ether oxygens (including phenoxy) is 1. The first-order chi connectivity index (χ1) is 18.3. The molecule has 0 aliphatic carbocycles. The molecule has 1 saturated heterocycles. The van der Waals surface area contributed by atoms with Crippen LogP contribution < -0.4 is 10.9 Å². The quantitative estimate of drug-likeness (QED) is 0.308. The number of hydrogen-bond acceptors (Lipinski definition) is 9. The van der Waals surface area contributed by atoms with Crippen LogP contribution in [0.1, 0.15) is 76.3 Å². The number of carbonyl (C=O) groups is 1. The van der Waals surface area contributed by atoms with Gasteiger partial charge in [0.05, 0.1) is 31.5 Å². The minimum absolute atomic E-state index is 0.00703. The van der Waals surface area contributed by atoms with Crippen LogP contribution in [-0.4, -0.2) is 61.0 Å². The molecule has 2 unspecified atom stereocenters. The predicted molar refractivity (Wildman–Crippen MR) is 145 cm³/mol. The number of imidazole rings is 1. The van der Waals surface area contributed by atoms with Crippen LogP contribution in [0.5, 0.6) is 0 Å². The third-order valence-electron chi connectivity index (χ3n) is 6.46. The van der Waals surface area contributed by atoms with E-state index >= 15 is 0 Å². The van der Waals surface area contributed by atoms with Gasteiger partial charge in [-0.3, -0.25) is 24.5 Å². The van der Waals surface area contributed by atoms with Crippen molar-refractivity contribution in [3.8, 4) is 6.07 Å². The monoisotopic (exact) mass is 550 g/mol. The van der Waals surface area contributed by atoms with Gasteiger partial charge in [-0.05, 0) is 34.6 Å². The lowest BCUT2D eigenvalue weighted by Gasteiger charge is -2.40. The number of nitriles is 1. The highest BCUT2D eigenvalue weighted by Gasteiger charge is 2.52. The summed E-state index contributed by atoms with van der Waals surface area (Å²) in [5.41, 5.74) is -0.822. The summed E-state index contributed by atoms with van der Waals surface area (Å²) in [7, 11) is -1.62. The summed E-state index contributed by atoms with van der Waals surface area (Å²) in [6.45, 7) is 15.8. The number of nitrogens with one attached hydrogen (secondary N) is 2. The van der Waals surface area contributed by atoms with Gasteiger partial charge >= 0.3 is 0 Å². The predicted octanol–water partition coefficient (Wildman–Crippen LogP) is 4.32. The van der Waals surface area contributed by atoms with Crippen LogP contribution in [0.15, 0.2) is 11.1 Å². The minimum Gasteiger partial charge on any atom is -0.351 e. The zero-order chi connectivity index (χ0) is 29.1. The van der Waals surface area contributed by atoms with Crippen molar-refractivity contribution >= 4 is 31.5 Å². The fraction of sp³-hybridized carbons (Fsp3) is 0.720. The van der Waals surface area contributed by atoms with Crippen LogP contribution in [0.25, 0.3) is 11.2 Å². The van der Waals surface area contributed by atoms with Crippen molar-refractivity contribution in [1.82, 2.24) is 24.2 Å². The maximum absolute atomic E-state index is 12.8. The number of amides is 1. The second kappa shape index (κ2) is 12.2. The summed E-state index contributed by atoms with van der Waals surface area (Å²) in [5, 5.41) is 11.7. The fourth-order valence-electron chi connectivity index (χ4n) is 4.19. The number of nitrogens with zero attached hydrogens (tertiary/aromatic N) is 5. The third kappa shape index (κ3) is 6.24. The maximum atomic E-state index is 12.8. The zero-order valence-electron chi connectivity index (χ0n) is 24.4. The van der Waals surface area contributed by atoms with E-state index in [0.717, 1.165) is 0 Å². The second-order valence-electron chi connectivity index (χ2n) is 10.8. The molecule has 2 aromatic rings. The van der Waals surface area contributed by atoms with Crippen molar-refractivity contribution in [3.05, 3.63) is 16.7 Å². The lowest BCUT2D eigenvalue weighted by Crippen LogP contribution is -2.39. The van der Waals surface area contributed by atoms with Gasteiger partial charge < -0.3 is 13.8 Å². The Labute approximate surface area is 226 Å². The van der Waals surface area contributed by atoms with Crippen LogP contribution in [0, 0.1) is 22.7 Å². The molecule has 13 heteroatoms. The third-order valence-corrected chi connectivity index (χ3v) is 8.58. The maximum Gasteiger partial charge on any atom is 0.280 e. The van der Waals surface area contributed by atoms with E-state index in [1.165, 1.54) is 6.33 Å². The highest BCUT2D eigenvalue weighted by molar-refractivity contribution is 7.44. The van der Waals surface area contributed by atoms with E-state index in [9.17, 15) is 9.59 Å². The van der Waals surface area contributed by atoms with Crippen molar-refractivity contribution in [3.63, 3.8) is 0 Å². The first kappa shape index (κ1) is 28.6. The Bertz CT molecular complexity index is 1230. The van der Waals surface area contributed by atoms with Crippen LogP contribution in [0.3, 0.4) is 0 Å². The number of hydrogen-bond donors (Lipinski definition) is 2. The SMILES string of the molecule is [2H]C[C@H]1O[C@@H](n2cnc3c(=O)[nH]c(NC(=O)C(C)C)nc32)C(OP(OCCC#N)N(C(C)C)C(C)C)C1(C)C. The molecule has 1 aliphatic heterocycles. The van der Waals surface area contributed by atoms with Gasteiger partial charge in [-0.1, -0.05) is 27.7 Å². The van der Waals surface area contributed by atoms with Gasteiger partial charge in [0.1, 0.15) is 6.10 Å². The van der Waals surface area contributed by atoms with Crippen LogP contribution >= 0.6 is 8.53 Å². The van der Waals surface area contributed by atoms with E-state index in [1.54, 1.807) is 18.4 Å². The zero-order valence-corrected chi connectivity index (χ0v) is 24.3. The molecular weight excluding hydrogens is 509 g/mol. The number of rotatable bonds is 11. The number of anilines is 1. The highest BCUT2D eigenvalue weighted by atomic mass is 31.2. The van der Waals surface area contributed by atoms with Crippen molar-refractivity contribution in [2.75, 3.05) is 11.9 Å².